The van der Waals surface area contributed by atoms with E-state index < -0.39 is 0 Å². The van der Waals surface area contributed by atoms with Crippen molar-refractivity contribution in [1.29, 1.82) is 0 Å². The number of fused-ring (bicyclic) bond motifs is 2. The minimum absolute atomic E-state index is 0.172. The van der Waals surface area contributed by atoms with Crippen molar-refractivity contribution >= 4 is 0 Å². The molecule has 2 aliphatic rings. The van der Waals surface area contributed by atoms with Gasteiger partial charge in [0.25, 0.3) is 0 Å². The third-order valence-corrected chi connectivity index (χ3v) is 4.54. The van der Waals surface area contributed by atoms with Gasteiger partial charge in [-0.3, -0.25) is 0 Å². The van der Waals surface area contributed by atoms with E-state index in [1.54, 1.807) is 0 Å². The van der Waals surface area contributed by atoms with E-state index in [0.29, 0.717) is 84.4 Å². The van der Waals surface area contributed by atoms with Crippen LogP contribution in [0.3, 0.4) is 0 Å². The molecule has 3 rings (SSSR count). The molecule has 170 valence electrons. The highest BCUT2D eigenvalue weighted by Crippen LogP contribution is 2.23. The van der Waals surface area contributed by atoms with Gasteiger partial charge < -0.3 is 37.9 Å². The molecule has 1 aromatic heterocycles. The molecule has 1 saturated heterocycles. The van der Waals surface area contributed by atoms with Crippen molar-refractivity contribution in [3.05, 3.63) is 17.7 Å². The maximum absolute atomic E-state index is 5.89. The van der Waals surface area contributed by atoms with Gasteiger partial charge in [0.05, 0.1) is 59.5 Å². The zero-order valence-electron chi connectivity index (χ0n) is 17.6. The molecule has 0 saturated carbocycles. The predicted octanol–water partition coefficient (Wildman–Crippen LogP) is 1.96. The van der Waals surface area contributed by atoms with E-state index >= 15 is 0 Å². The van der Waals surface area contributed by atoms with Gasteiger partial charge >= 0.3 is 0 Å². The quantitative estimate of drug-likeness (QED) is 0.718. The van der Waals surface area contributed by atoms with Gasteiger partial charge in [0.15, 0.2) is 6.29 Å². The summed E-state index contributed by atoms with van der Waals surface area (Å²) < 4.78 is 45.0. The van der Waals surface area contributed by atoms with E-state index in [9.17, 15) is 0 Å². The van der Waals surface area contributed by atoms with Gasteiger partial charge in [-0.15, -0.1) is 0 Å². The first-order valence-electron chi connectivity index (χ1n) is 10.7. The summed E-state index contributed by atoms with van der Waals surface area (Å²) in [5.74, 6) is 0.963. The summed E-state index contributed by atoms with van der Waals surface area (Å²) in [7, 11) is 0. The van der Waals surface area contributed by atoms with Crippen molar-refractivity contribution in [3.8, 4) is 11.8 Å². The second-order valence-electron chi connectivity index (χ2n) is 6.87. The fraction of sp³-hybridized carbons (Fsp3) is 0.762. The molecule has 9 nitrogen and oxygen atoms in total. The lowest BCUT2D eigenvalue weighted by molar-refractivity contribution is -0.169. The minimum Gasteiger partial charge on any atom is -0.475 e. The van der Waals surface area contributed by atoms with Crippen LogP contribution in [0.15, 0.2) is 12.1 Å². The van der Waals surface area contributed by atoms with Crippen LogP contribution in [-0.4, -0.2) is 83.9 Å². The zero-order valence-corrected chi connectivity index (χ0v) is 17.6. The van der Waals surface area contributed by atoms with Crippen LogP contribution in [0.1, 0.15) is 24.8 Å². The fourth-order valence-corrected chi connectivity index (χ4v) is 2.96. The van der Waals surface area contributed by atoms with Crippen LogP contribution in [0.2, 0.25) is 0 Å². The molecule has 0 spiro atoms. The van der Waals surface area contributed by atoms with Crippen LogP contribution < -0.4 is 9.47 Å². The summed E-state index contributed by atoms with van der Waals surface area (Å²) in [4.78, 5) is 4.49. The largest absolute Gasteiger partial charge is 0.475 e. The van der Waals surface area contributed by atoms with Gasteiger partial charge in [0.2, 0.25) is 11.8 Å². The number of pyridine rings is 1. The van der Waals surface area contributed by atoms with E-state index in [0.717, 1.165) is 31.4 Å². The SMILES string of the molecule is c1cc(COC2CCCCO2)c2nc1OCCOCCOCCOCCOCCO2. The summed E-state index contributed by atoms with van der Waals surface area (Å²) in [5, 5.41) is 0. The van der Waals surface area contributed by atoms with Gasteiger partial charge in [-0.2, -0.15) is 4.98 Å². The van der Waals surface area contributed by atoms with Gasteiger partial charge in [0, 0.05) is 18.2 Å². The summed E-state index contributed by atoms with van der Waals surface area (Å²) in [5.41, 5.74) is 0.846. The Morgan fingerprint density at radius 3 is 2.00 bits per heavy atom. The first-order valence-corrected chi connectivity index (χ1v) is 10.7. The normalized spacial score (nSPS) is 23.3. The first kappa shape index (κ1) is 23.2. The standard InChI is InChI=1S/C21H33NO8/c1-2-6-28-20(3-1)30-17-18-4-5-19-22-21(18)29-16-14-26-12-10-24-8-7-23-9-11-25-13-15-27-19/h4-5,20H,1-3,6-17H2. The smallest absolute Gasteiger partial charge is 0.222 e. The minimum atomic E-state index is -0.172. The summed E-state index contributed by atoms with van der Waals surface area (Å²) in [6, 6.07) is 3.72. The molecule has 0 radical (unpaired) electrons. The van der Waals surface area contributed by atoms with Crippen molar-refractivity contribution in [2.45, 2.75) is 32.2 Å². The Balaban J connectivity index is 1.54. The third-order valence-electron chi connectivity index (χ3n) is 4.54. The van der Waals surface area contributed by atoms with Crippen LogP contribution in [0.25, 0.3) is 0 Å². The van der Waals surface area contributed by atoms with Crippen LogP contribution >= 0.6 is 0 Å². The topological polar surface area (TPSA) is 86.7 Å². The number of aromatic nitrogens is 1. The first-order chi connectivity index (χ1) is 14.9. The average molecular weight is 427 g/mol. The molecule has 9 heteroatoms. The molecule has 0 aromatic carbocycles. The van der Waals surface area contributed by atoms with Gasteiger partial charge in [-0.05, 0) is 25.3 Å². The lowest BCUT2D eigenvalue weighted by atomic mass is 10.2. The second-order valence-corrected chi connectivity index (χ2v) is 6.87. The lowest BCUT2D eigenvalue weighted by Gasteiger charge is -2.23. The molecule has 0 aliphatic carbocycles. The Labute approximate surface area is 177 Å². The molecule has 2 bridgehead atoms. The maximum atomic E-state index is 5.89. The van der Waals surface area contributed by atoms with E-state index in [1.807, 2.05) is 12.1 Å². The Bertz CT molecular complexity index is 582. The number of hydrogen-bond donors (Lipinski definition) is 0. The Hall–Kier alpha value is -1.49. The average Bonchev–Trinajstić information content (AvgIpc) is 2.78. The van der Waals surface area contributed by atoms with Crippen LogP contribution in [0, 0.1) is 0 Å². The van der Waals surface area contributed by atoms with Crippen molar-refractivity contribution < 1.29 is 37.9 Å². The maximum Gasteiger partial charge on any atom is 0.222 e. The van der Waals surface area contributed by atoms with Gasteiger partial charge in [-0.1, -0.05) is 0 Å². The number of rotatable bonds is 3. The number of ether oxygens (including phenoxy) is 8. The van der Waals surface area contributed by atoms with Gasteiger partial charge in [0.1, 0.15) is 13.2 Å². The Morgan fingerprint density at radius 1 is 0.733 bits per heavy atom. The second kappa shape index (κ2) is 14.5. The van der Waals surface area contributed by atoms with Crippen LogP contribution in [-0.2, 0) is 35.0 Å². The van der Waals surface area contributed by atoms with E-state index in [2.05, 4.69) is 4.98 Å². The molecular weight excluding hydrogens is 394 g/mol. The number of nitrogens with zero attached hydrogens (tertiary/aromatic N) is 1. The molecule has 1 atom stereocenters. The molecule has 1 aromatic rings. The lowest BCUT2D eigenvalue weighted by Crippen LogP contribution is -2.22. The monoisotopic (exact) mass is 427 g/mol. The molecular formula is C21H33NO8. The zero-order chi connectivity index (χ0) is 20.7. The highest BCUT2D eigenvalue weighted by atomic mass is 16.7. The van der Waals surface area contributed by atoms with Crippen molar-refractivity contribution in [2.24, 2.45) is 0 Å². The molecule has 2 aliphatic heterocycles. The summed E-state index contributed by atoms with van der Waals surface area (Å²) >= 11 is 0. The van der Waals surface area contributed by atoms with Crippen LogP contribution in [0.5, 0.6) is 11.8 Å². The van der Waals surface area contributed by atoms with E-state index in [-0.39, 0.29) is 6.29 Å². The Morgan fingerprint density at radius 2 is 1.37 bits per heavy atom. The highest BCUT2D eigenvalue weighted by Gasteiger charge is 2.16. The molecule has 0 amide bonds. The van der Waals surface area contributed by atoms with E-state index in [4.69, 9.17) is 37.9 Å². The Kier molecular flexibility index (Phi) is 11.2. The van der Waals surface area contributed by atoms with Gasteiger partial charge in [-0.25, -0.2) is 0 Å². The van der Waals surface area contributed by atoms with Crippen molar-refractivity contribution in [2.75, 3.05) is 72.7 Å². The molecule has 0 N–H and O–H groups in total. The summed E-state index contributed by atoms with van der Waals surface area (Å²) in [6.45, 7) is 5.88. The number of hydrogen-bond acceptors (Lipinski definition) is 9. The molecule has 3 heterocycles. The van der Waals surface area contributed by atoms with Crippen molar-refractivity contribution in [1.82, 2.24) is 4.98 Å². The van der Waals surface area contributed by atoms with Crippen molar-refractivity contribution in [3.63, 3.8) is 0 Å². The predicted molar refractivity (Wildman–Crippen MR) is 107 cm³/mol. The van der Waals surface area contributed by atoms with E-state index in [1.165, 1.54) is 0 Å². The van der Waals surface area contributed by atoms with Crippen LogP contribution in [0.4, 0.5) is 0 Å². The molecule has 30 heavy (non-hydrogen) atoms. The molecule has 1 unspecified atom stereocenters. The highest BCUT2D eigenvalue weighted by molar-refractivity contribution is 5.30. The fourth-order valence-electron chi connectivity index (χ4n) is 2.96. The summed E-state index contributed by atoms with van der Waals surface area (Å²) in [6.07, 6.45) is 2.94. The molecule has 1 fully saturated rings. The third kappa shape index (κ3) is 9.11.